The number of fused-ring (bicyclic) bond motifs is 1. The molecule has 0 bridgehead atoms. The molecule has 2 rings (SSSR count). The van der Waals surface area contributed by atoms with Crippen molar-refractivity contribution < 1.29 is 4.74 Å². The van der Waals surface area contributed by atoms with Crippen molar-refractivity contribution in [1.82, 2.24) is 4.98 Å². The van der Waals surface area contributed by atoms with Gasteiger partial charge in [-0.05, 0) is 37.6 Å². The number of methoxy groups -OCH3 is 1. The Labute approximate surface area is 99.5 Å². The first-order valence-electron chi connectivity index (χ1n) is 5.22. The smallest absolute Gasteiger partial charge is 0.138 e. The molecule has 1 aromatic heterocycles. The van der Waals surface area contributed by atoms with Crippen LogP contribution in [0.1, 0.15) is 11.3 Å². The minimum atomic E-state index is 0.612. The molecule has 0 unspecified atom stereocenters. The number of ether oxygens (including phenoxy) is 1. The Kier molecular flexibility index (Phi) is 3.08. The molecule has 16 heavy (non-hydrogen) atoms. The molecule has 4 heteroatoms. The highest BCUT2D eigenvalue weighted by Crippen LogP contribution is 2.36. The number of rotatable bonds is 3. The van der Waals surface area contributed by atoms with E-state index < -0.39 is 0 Å². The summed E-state index contributed by atoms with van der Waals surface area (Å²) in [5.74, 6) is 0.700. The molecule has 0 radical (unpaired) electrons. The highest BCUT2D eigenvalue weighted by molar-refractivity contribution is 6.37. The van der Waals surface area contributed by atoms with Gasteiger partial charge in [0.1, 0.15) is 5.75 Å². The number of nitrogens with two attached hydrogens (primary N) is 1. The van der Waals surface area contributed by atoms with Crippen LogP contribution < -0.4 is 10.5 Å². The van der Waals surface area contributed by atoms with Gasteiger partial charge in [-0.15, -0.1) is 0 Å². The summed E-state index contributed by atoms with van der Waals surface area (Å²) in [6, 6.07) is 3.85. The average Bonchev–Trinajstić information content (AvgIpc) is 2.58. The van der Waals surface area contributed by atoms with Crippen molar-refractivity contribution in [2.24, 2.45) is 5.73 Å². The molecule has 1 aromatic carbocycles. The van der Waals surface area contributed by atoms with E-state index in [1.54, 1.807) is 7.11 Å². The number of hydrogen-bond acceptors (Lipinski definition) is 2. The van der Waals surface area contributed by atoms with E-state index in [1.807, 2.05) is 19.1 Å². The van der Waals surface area contributed by atoms with E-state index in [0.29, 0.717) is 17.3 Å². The van der Waals surface area contributed by atoms with Crippen LogP contribution in [0.15, 0.2) is 12.1 Å². The molecule has 0 spiro atoms. The normalized spacial score (nSPS) is 11.0. The maximum Gasteiger partial charge on any atom is 0.138 e. The lowest BCUT2D eigenvalue weighted by Gasteiger charge is -2.05. The van der Waals surface area contributed by atoms with Gasteiger partial charge in [-0.25, -0.2) is 0 Å². The molecule has 0 fully saturated rings. The average molecular weight is 239 g/mol. The van der Waals surface area contributed by atoms with Crippen molar-refractivity contribution in [3.63, 3.8) is 0 Å². The first-order chi connectivity index (χ1) is 7.69. The van der Waals surface area contributed by atoms with Crippen LogP contribution in [-0.2, 0) is 6.42 Å². The number of aryl methyl sites for hydroxylation is 1. The molecule has 2 aromatic rings. The van der Waals surface area contributed by atoms with Crippen molar-refractivity contribution >= 4 is 22.5 Å². The van der Waals surface area contributed by atoms with Gasteiger partial charge in [0.15, 0.2) is 0 Å². The lowest BCUT2D eigenvalue weighted by Crippen LogP contribution is -2.03. The Morgan fingerprint density at radius 3 is 2.81 bits per heavy atom. The minimum Gasteiger partial charge on any atom is -0.495 e. The van der Waals surface area contributed by atoms with Gasteiger partial charge in [-0.1, -0.05) is 11.6 Å². The quantitative estimate of drug-likeness (QED) is 0.864. The fourth-order valence-electron chi connectivity index (χ4n) is 2.04. The summed E-state index contributed by atoms with van der Waals surface area (Å²) < 4.78 is 5.22. The maximum atomic E-state index is 6.31. The van der Waals surface area contributed by atoms with Gasteiger partial charge in [0.25, 0.3) is 0 Å². The summed E-state index contributed by atoms with van der Waals surface area (Å²) in [7, 11) is 1.62. The Balaban J connectivity index is 2.73. The third-order valence-electron chi connectivity index (χ3n) is 2.80. The summed E-state index contributed by atoms with van der Waals surface area (Å²) in [5.41, 5.74) is 8.95. The predicted molar refractivity (Wildman–Crippen MR) is 67.4 cm³/mol. The summed E-state index contributed by atoms with van der Waals surface area (Å²) in [4.78, 5) is 3.31. The lowest BCUT2D eigenvalue weighted by atomic mass is 10.1. The molecule has 0 amide bonds. The second kappa shape index (κ2) is 4.36. The van der Waals surface area contributed by atoms with Crippen LogP contribution in [0.25, 0.3) is 10.9 Å². The van der Waals surface area contributed by atoms with Crippen molar-refractivity contribution in [2.75, 3.05) is 13.7 Å². The van der Waals surface area contributed by atoms with Crippen LogP contribution in [-0.4, -0.2) is 18.6 Å². The fraction of sp³-hybridized carbons (Fsp3) is 0.333. The molecule has 0 aliphatic heterocycles. The van der Waals surface area contributed by atoms with Crippen LogP contribution in [0.3, 0.4) is 0 Å². The Hall–Kier alpha value is -1.19. The monoisotopic (exact) mass is 238 g/mol. The van der Waals surface area contributed by atoms with Crippen LogP contribution in [0.5, 0.6) is 5.75 Å². The third-order valence-corrected chi connectivity index (χ3v) is 3.17. The van der Waals surface area contributed by atoms with E-state index in [1.165, 1.54) is 5.56 Å². The van der Waals surface area contributed by atoms with E-state index in [4.69, 9.17) is 22.1 Å². The minimum absolute atomic E-state index is 0.612. The number of hydrogen-bond donors (Lipinski definition) is 2. The Bertz CT molecular complexity index is 519. The number of nitrogens with one attached hydrogen (secondary N) is 1. The van der Waals surface area contributed by atoms with Crippen LogP contribution in [0, 0.1) is 6.92 Å². The first-order valence-corrected chi connectivity index (χ1v) is 5.60. The number of benzene rings is 1. The molecule has 3 nitrogen and oxygen atoms in total. The molecule has 1 heterocycles. The van der Waals surface area contributed by atoms with Crippen molar-refractivity contribution in [3.05, 3.63) is 28.4 Å². The van der Waals surface area contributed by atoms with E-state index in [-0.39, 0.29) is 0 Å². The second-order valence-corrected chi connectivity index (χ2v) is 4.15. The third kappa shape index (κ3) is 1.66. The molecular weight excluding hydrogens is 224 g/mol. The largest absolute Gasteiger partial charge is 0.495 e. The first kappa shape index (κ1) is 11.3. The zero-order chi connectivity index (χ0) is 11.7. The number of aromatic amines is 1. The fourth-order valence-corrected chi connectivity index (χ4v) is 2.39. The van der Waals surface area contributed by atoms with Crippen LogP contribution >= 0.6 is 11.6 Å². The zero-order valence-corrected chi connectivity index (χ0v) is 10.2. The Morgan fingerprint density at radius 1 is 1.44 bits per heavy atom. The summed E-state index contributed by atoms with van der Waals surface area (Å²) in [6.07, 6.45) is 0.818. The number of aromatic nitrogens is 1. The van der Waals surface area contributed by atoms with Gasteiger partial charge in [0, 0.05) is 16.6 Å². The zero-order valence-electron chi connectivity index (χ0n) is 9.43. The van der Waals surface area contributed by atoms with Crippen molar-refractivity contribution in [2.45, 2.75) is 13.3 Å². The van der Waals surface area contributed by atoms with E-state index in [2.05, 4.69) is 4.98 Å². The van der Waals surface area contributed by atoms with Gasteiger partial charge < -0.3 is 15.5 Å². The highest BCUT2D eigenvalue weighted by atomic mass is 35.5. The number of halogens is 1. The van der Waals surface area contributed by atoms with E-state index in [0.717, 1.165) is 23.0 Å². The Morgan fingerprint density at radius 2 is 2.19 bits per heavy atom. The molecular formula is C12H15ClN2O. The predicted octanol–water partition coefficient (Wildman–Crippen LogP) is 2.64. The molecule has 86 valence electrons. The van der Waals surface area contributed by atoms with Gasteiger partial charge >= 0.3 is 0 Å². The topological polar surface area (TPSA) is 51.0 Å². The maximum absolute atomic E-state index is 6.31. The molecule has 0 aliphatic rings. The summed E-state index contributed by atoms with van der Waals surface area (Å²) in [6.45, 7) is 2.65. The SMILES string of the molecule is COc1ccc2[nH]c(C)c(CCN)c2c1Cl. The van der Waals surface area contributed by atoms with Gasteiger partial charge in [-0.3, -0.25) is 0 Å². The van der Waals surface area contributed by atoms with Gasteiger partial charge in [-0.2, -0.15) is 0 Å². The lowest BCUT2D eigenvalue weighted by molar-refractivity contribution is 0.415. The van der Waals surface area contributed by atoms with Crippen LogP contribution in [0.4, 0.5) is 0 Å². The summed E-state index contributed by atoms with van der Waals surface area (Å²) >= 11 is 6.31. The second-order valence-electron chi connectivity index (χ2n) is 3.77. The molecule has 0 atom stereocenters. The van der Waals surface area contributed by atoms with Gasteiger partial charge in [0.05, 0.1) is 12.1 Å². The number of H-pyrrole nitrogens is 1. The van der Waals surface area contributed by atoms with E-state index in [9.17, 15) is 0 Å². The molecule has 0 saturated carbocycles. The summed E-state index contributed by atoms with van der Waals surface area (Å²) in [5, 5.41) is 1.69. The standard InChI is InChI=1S/C12H15ClN2O/c1-7-8(5-6-14)11-9(15-7)3-4-10(16-2)12(11)13/h3-4,15H,5-6,14H2,1-2H3. The van der Waals surface area contributed by atoms with E-state index >= 15 is 0 Å². The highest BCUT2D eigenvalue weighted by Gasteiger charge is 2.14. The van der Waals surface area contributed by atoms with Gasteiger partial charge in [0.2, 0.25) is 0 Å². The van der Waals surface area contributed by atoms with Crippen molar-refractivity contribution in [3.8, 4) is 5.75 Å². The molecule has 3 N–H and O–H groups in total. The van der Waals surface area contributed by atoms with Crippen LogP contribution in [0.2, 0.25) is 5.02 Å². The molecule has 0 saturated heterocycles. The molecule has 0 aliphatic carbocycles. The van der Waals surface area contributed by atoms with Crippen molar-refractivity contribution in [1.29, 1.82) is 0 Å².